The Kier molecular flexibility index (Phi) is 12.9. The number of aromatic amines is 1. The van der Waals surface area contributed by atoms with E-state index in [4.69, 9.17) is 25.8 Å². The molecule has 3 aliphatic heterocycles. The van der Waals surface area contributed by atoms with Crippen molar-refractivity contribution in [1.82, 2.24) is 29.5 Å². The van der Waals surface area contributed by atoms with Crippen molar-refractivity contribution in [2.45, 2.75) is 63.2 Å². The number of allylic oxidation sites excluding steroid dienone is 1. The average molecular weight is 924 g/mol. The van der Waals surface area contributed by atoms with Crippen LogP contribution in [0, 0.1) is 22.7 Å². The Morgan fingerprint density at radius 2 is 1.82 bits per heavy atom. The Morgan fingerprint density at radius 1 is 1.03 bits per heavy atom. The SMILES string of the molecule is CC1(C)CCC(CN2CCN(c3ccc(C(=O)NS(=O)(=O)c4cnc(OCC5CCN(C6COC6F)CC5)c(C#N)c4)c(Oc4cnc5[nH]ccc5c4)c3)CC2)=C(c2ccc(Cl)cc2)C1. The van der Waals surface area contributed by atoms with E-state index in [-0.39, 0.29) is 51.6 Å². The molecule has 1 aliphatic carbocycles. The van der Waals surface area contributed by atoms with Crippen molar-refractivity contribution in [1.29, 1.82) is 5.26 Å². The summed E-state index contributed by atoms with van der Waals surface area (Å²) in [7, 11) is -4.51. The minimum atomic E-state index is -4.51. The van der Waals surface area contributed by atoms with Crippen LogP contribution in [0.1, 0.15) is 67.4 Å². The molecule has 1 amide bonds. The first-order valence-electron chi connectivity index (χ1n) is 22.1. The molecule has 0 bridgehead atoms. The van der Waals surface area contributed by atoms with E-state index in [1.165, 1.54) is 22.9 Å². The number of hydrogen-bond donors (Lipinski definition) is 2. The molecule has 6 heterocycles. The van der Waals surface area contributed by atoms with Crippen LogP contribution >= 0.6 is 11.6 Å². The summed E-state index contributed by atoms with van der Waals surface area (Å²) in [6.45, 7) is 10.7. The summed E-state index contributed by atoms with van der Waals surface area (Å²) in [5.74, 6) is -0.268. The minimum absolute atomic E-state index is 0.00525. The van der Waals surface area contributed by atoms with E-state index in [1.54, 1.807) is 30.5 Å². The fourth-order valence-corrected chi connectivity index (χ4v) is 10.2. The highest BCUT2D eigenvalue weighted by Gasteiger charge is 2.39. The standard InChI is InChI=1S/C48H52ClFN8O6S/c1-48(2)13-9-34(41(24-48)32-3-5-36(49)6-4-32)28-56-17-19-57(20-18-56)37-7-8-40(43(23-37)64-38-21-33-10-14-52-45(33)53-26-38)46(59)55-65(60,61)39-22-35(25-51)47(54-27-39)63-29-31-11-15-58(16-12-31)42-30-62-44(42)50/h3-8,10,14,21-23,26-27,31,42,44H,9,11-13,15-20,24,28-30H2,1-2H3,(H,52,53)(H,55,59). The number of sulfonamides is 1. The molecule has 3 fully saturated rings. The van der Waals surface area contributed by atoms with Crippen LogP contribution < -0.4 is 19.1 Å². The van der Waals surface area contributed by atoms with Crippen molar-refractivity contribution < 1.29 is 31.8 Å². The number of piperidine rings is 1. The zero-order valence-electron chi connectivity index (χ0n) is 36.4. The number of hydrogen-bond acceptors (Lipinski definition) is 12. The Labute approximate surface area is 383 Å². The van der Waals surface area contributed by atoms with Crippen molar-refractivity contribution in [3.8, 4) is 23.4 Å². The van der Waals surface area contributed by atoms with Crippen LogP contribution in [-0.2, 0) is 14.8 Å². The summed E-state index contributed by atoms with van der Waals surface area (Å²) in [6.07, 6.45) is 7.86. The number of pyridine rings is 2. The van der Waals surface area contributed by atoms with Gasteiger partial charge in [0.25, 0.3) is 15.9 Å². The molecule has 340 valence electrons. The third-order valence-electron chi connectivity index (χ3n) is 13.1. The van der Waals surface area contributed by atoms with Crippen LogP contribution in [0.3, 0.4) is 0 Å². The van der Waals surface area contributed by atoms with Gasteiger partial charge in [0.2, 0.25) is 12.2 Å². The summed E-state index contributed by atoms with van der Waals surface area (Å²) >= 11 is 6.25. The minimum Gasteiger partial charge on any atom is -0.476 e. The Bertz CT molecular complexity index is 2740. The second-order valence-electron chi connectivity index (χ2n) is 18.2. The number of amides is 1. The number of halogens is 2. The number of alkyl halides is 1. The van der Waals surface area contributed by atoms with E-state index < -0.39 is 22.3 Å². The van der Waals surface area contributed by atoms with Crippen molar-refractivity contribution in [3.63, 3.8) is 0 Å². The summed E-state index contributed by atoms with van der Waals surface area (Å²) in [5, 5.41) is 11.5. The largest absolute Gasteiger partial charge is 0.476 e. The van der Waals surface area contributed by atoms with Gasteiger partial charge in [0, 0.05) is 61.1 Å². The molecular weight excluding hydrogens is 871 g/mol. The maximum Gasteiger partial charge on any atom is 0.268 e. The van der Waals surface area contributed by atoms with E-state index in [0.29, 0.717) is 31.1 Å². The third-order valence-corrected chi connectivity index (χ3v) is 14.7. The van der Waals surface area contributed by atoms with Gasteiger partial charge in [-0.05, 0) is 110 Å². The molecule has 0 radical (unpaired) electrons. The lowest BCUT2D eigenvalue weighted by molar-refractivity contribution is -0.202. The molecule has 0 saturated carbocycles. The molecule has 65 heavy (non-hydrogen) atoms. The zero-order valence-corrected chi connectivity index (χ0v) is 38.0. The molecule has 2 N–H and O–H groups in total. The fourth-order valence-electron chi connectivity index (χ4n) is 9.17. The summed E-state index contributed by atoms with van der Waals surface area (Å²) in [4.78, 5) is 32.1. The molecule has 17 heteroatoms. The molecule has 2 aromatic carbocycles. The molecule has 14 nitrogen and oxygen atoms in total. The number of benzene rings is 2. The number of carbonyl (C=O) groups is 1. The molecule has 3 aromatic heterocycles. The fraction of sp³-hybridized carbons (Fsp3) is 0.417. The Hall–Kier alpha value is -5.57. The lowest BCUT2D eigenvalue weighted by Gasteiger charge is -2.43. The van der Waals surface area contributed by atoms with Gasteiger partial charge in [-0.2, -0.15) is 5.26 Å². The van der Waals surface area contributed by atoms with E-state index in [9.17, 15) is 22.9 Å². The molecule has 2 unspecified atom stereocenters. The molecule has 0 spiro atoms. The van der Waals surface area contributed by atoms with Gasteiger partial charge in [-0.1, -0.05) is 43.2 Å². The number of nitrogens with one attached hydrogen (secondary N) is 2. The van der Waals surface area contributed by atoms with Crippen molar-refractivity contribution >= 4 is 49.8 Å². The summed E-state index contributed by atoms with van der Waals surface area (Å²) in [5.41, 5.74) is 5.72. The molecular formula is C48H52ClFN8O6S. The van der Waals surface area contributed by atoms with Crippen LogP contribution in [0.15, 0.2) is 89.7 Å². The Balaban J connectivity index is 0.887. The maximum atomic E-state index is 14.0. The number of rotatable bonds is 13. The van der Waals surface area contributed by atoms with Crippen LogP contribution in [0.4, 0.5) is 10.1 Å². The van der Waals surface area contributed by atoms with Crippen LogP contribution in [0.25, 0.3) is 16.6 Å². The first-order valence-corrected chi connectivity index (χ1v) is 24.0. The van der Waals surface area contributed by atoms with Crippen molar-refractivity contribution in [3.05, 3.63) is 107 Å². The van der Waals surface area contributed by atoms with Crippen molar-refractivity contribution in [2.75, 3.05) is 63.9 Å². The first-order chi connectivity index (χ1) is 31.3. The Morgan fingerprint density at radius 3 is 2.54 bits per heavy atom. The molecule has 2 atom stereocenters. The van der Waals surface area contributed by atoms with Crippen molar-refractivity contribution in [2.24, 2.45) is 11.3 Å². The van der Waals surface area contributed by atoms with Crippen LogP contribution in [-0.4, -0.2) is 111 Å². The monoisotopic (exact) mass is 922 g/mol. The number of ether oxygens (including phenoxy) is 3. The smallest absolute Gasteiger partial charge is 0.268 e. The second-order valence-corrected chi connectivity index (χ2v) is 20.3. The number of aromatic nitrogens is 3. The highest BCUT2D eigenvalue weighted by molar-refractivity contribution is 7.90. The number of likely N-dealkylation sites (tertiary alicyclic amines) is 1. The highest BCUT2D eigenvalue weighted by Crippen LogP contribution is 2.43. The van der Waals surface area contributed by atoms with E-state index in [0.717, 1.165) is 93.2 Å². The normalized spacial score (nSPS) is 20.9. The van der Waals surface area contributed by atoms with E-state index >= 15 is 0 Å². The number of carbonyl (C=O) groups excluding carboxylic acids is 1. The van der Waals surface area contributed by atoms with Gasteiger partial charge in [-0.3, -0.25) is 14.6 Å². The van der Waals surface area contributed by atoms with Crippen LogP contribution in [0.2, 0.25) is 5.02 Å². The first kappa shape index (κ1) is 44.6. The van der Waals surface area contributed by atoms with Gasteiger partial charge in [0.15, 0.2) is 0 Å². The number of anilines is 1. The predicted octanol–water partition coefficient (Wildman–Crippen LogP) is 7.97. The van der Waals surface area contributed by atoms with Crippen LogP contribution in [0.5, 0.6) is 17.4 Å². The van der Waals surface area contributed by atoms with Gasteiger partial charge >= 0.3 is 0 Å². The second kappa shape index (κ2) is 18.7. The lowest BCUT2D eigenvalue weighted by Crippen LogP contribution is -2.56. The van der Waals surface area contributed by atoms with E-state index in [2.05, 4.69) is 60.4 Å². The quantitative estimate of drug-likeness (QED) is 0.117. The lowest BCUT2D eigenvalue weighted by atomic mass is 9.72. The number of fused-ring (bicyclic) bond motifs is 1. The zero-order chi connectivity index (χ0) is 45.3. The molecule has 3 saturated heterocycles. The molecule has 9 rings (SSSR count). The predicted molar refractivity (Wildman–Crippen MR) is 245 cm³/mol. The number of nitriles is 1. The number of H-pyrrole nitrogens is 1. The highest BCUT2D eigenvalue weighted by atomic mass is 35.5. The van der Waals surface area contributed by atoms with Gasteiger partial charge in [-0.25, -0.2) is 27.5 Å². The van der Waals surface area contributed by atoms with E-state index in [1.807, 2.05) is 24.3 Å². The summed E-state index contributed by atoms with van der Waals surface area (Å²) < 4.78 is 60.4. The molecule has 4 aliphatic rings. The van der Waals surface area contributed by atoms with Gasteiger partial charge in [0.1, 0.15) is 33.7 Å². The molecule has 5 aromatic rings. The number of piperazine rings is 1. The summed E-state index contributed by atoms with van der Waals surface area (Å²) in [6, 6.07) is 19.8. The van der Waals surface area contributed by atoms with Gasteiger partial charge in [0.05, 0.1) is 37.2 Å². The third kappa shape index (κ3) is 10.1. The van der Waals surface area contributed by atoms with Gasteiger partial charge < -0.3 is 24.1 Å². The topological polar surface area (TPSA) is 166 Å². The number of nitrogens with zero attached hydrogens (tertiary/aromatic N) is 6. The maximum absolute atomic E-state index is 14.0. The average Bonchev–Trinajstić information content (AvgIpc) is 3.77. The van der Waals surface area contributed by atoms with Gasteiger partial charge in [-0.15, -0.1) is 0 Å².